The molecule has 0 radical (unpaired) electrons. The summed E-state index contributed by atoms with van der Waals surface area (Å²) in [4.78, 5) is 24.7. The van der Waals surface area contributed by atoms with Gasteiger partial charge >= 0.3 is 5.97 Å². The number of amides is 1. The first-order chi connectivity index (χ1) is 12.0. The maximum absolute atomic E-state index is 12.4. The van der Waals surface area contributed by atoms with Crippen LogP contribution >= 0.6 is 22.9 Å². The Morgan fingerprint density at radius 1 is 1.12 bits per heavy atom. The lowest BCUT2D eigenvalue weighted by Gasteiger charge is -2.07. The van der Waals surface area contributed by atoms with E-state index in [1.807, 2.05) is 13.0 Å². The van der Waals surface area contributed by atoms with Crippen molar-refractivity contribution in [1.82, 2.24) is 0 Å². The molecule has 3 aromatic rings. The van der Waals surface area contributed by atoms with Crippen LogP contribution < -0.4 is 5.32 Å². The molecule has 2 N–H and O–H groups in total. The summed E-state index contributed by atoms with van der Waals surface area (Å²) in [5.74, 6) is -1.43. The van der Waals surface area contributed by atoms with E-state index < -0.39 is 5.97 Å². The fraction of sp³-hybridized carbons (Fsp3) is 0.0526. The lowest BCUT2D eigenvalue weighted by molar-refractivity contribution is 0.0699. The largest absolute Gasteiger partial charge is 0.478 e. The SMILES string of the molecule is Cc1cccc(C(=O)Nc2csc(-c3ccc(Cl)cc3)c2C(=O)O)c1. The van der Waals surface area contributed by atoms with E-state index in [9.17, 15) is 14.7 Å². The third kappa shape index (κ3) is 3.73. The lowest BCUT2D eigenvalue weighted by atomic mass is 10.1. The van der Waals surface area contributed by atoms with Crippen molar-refractivity contribution >= 4 is 40.5 Å². The van der Waals surface area contributed by atoms with Crippen molar-refractivity contribution in [3.63, 3.8) is 0 Å². The van der Waals surface area contributed by atoms with Crippen LogP contribution in [0.15, 0.2) is 53.9 Å². The Morgan fingerprint density at radius 3 is 2.48 bits per heavy atom. The van der Waals surface area contributed by atoms with Gasteiger partial charge < -0.3 is 10.4 Å². The molecule has 126 valence electrons. The number of nitrogens with one attached hydrogen (secondary N) is 1. The van der Waals surface area contributed by atoms with Crippen LogP contribution in [0, 0.1) is 6.92 Å². The van der Waals surface area contributed by atoms with E-state index in [1.165, 1.54) is 11.3 Å². The van der Waals surface area contributed by atoms with Crippen molar-refractivity contribution in [1.29, 1.82) is 0 Å². The van der Waals surface area contributed by atoms with Crippen molar-refractivity contribution in [2.24, 2.45) is 0 Å². The second-order valence-electron chi connectivity index (χ2n) is 5.49. The molecule has 0 aliphatic heterocycles. The van der Waals surface area contributed by atoms with E-state index in [2.05, 4.69) is 5.32 Å². The molecule has 3 rings (SSSR count). The van der Waals surface area contributed by atoms with Gasteiger partial charge in [-0.3, -0.25) is 4.79 Å². The molecule has 0 aliphatic rings. The van der Waals surface area contributed by atoms with Crippen LogP contribution in [0.3, 0.4) is 0 Å². The van der Waals surface area contributed by atoms with Crippen LogP contribution in [0.5, 0.6) is 0 Å². The van der Waals surface area contributed by atoms with E-state index in [4.69, 9.17) is 11.6 Å². The molecule has 1 heterocycles. The standard InChI is InChI=1S/C19H14ClNO3S/c1-11-3-2-4-13(9-11)18(22)21-15-10-25-17(16(15)19(23)24)12-5-7-14(20)8-6-12/h2-10H,1H3,(H,21,22)(H,23,24). The molecule has 0 saturated carbocycles. The highest BCUT2D eigenvalue weighted by Gasteiger charge is 2.21. The number of rotatable bonds is 4. The number of carbonyl (C=O) groups is 2. The van der Waals surface area contributed by atoms with Crippen molar-refractivity contribution in [3.05, 3.63) is 75.6 Å². The van der Waals surface area contributed by atoms with Gasteiger partial charge in [-0.2, -0.15) is 0 Å². The molecule has 1 aromatic heterocycles. The summed E-state index contributed by atoms with van der Waals surface area (Å²) < 4.78 is 0. The molecule has 6 heteroatoms. The molecule has 0 saturated heterocycles. The Bertz CT molecular complexity index is 948. The number of carboxylic acid groups (broad SMARTS) is 1. The van der Waals surface area contributed by atoms with Gasteiger partial charge in [0.2, 0.25) is 0 Å². The molecule has 0 unspecified atom stereocenters. The monoisotopic (exact) mass is 371 g/mol. The molecule has 1 amide bonds. The van der Waals surface area contributed by atoms with Gasteiger partial charge in [-0.05, 0) is 36.8 Å². The predicted octanol–water partition coefficient (Wildman–Crippen LogP) is 5.33. The number of carboxylic acids is 1. The average Bonchev–Trinajstić information content (AvgIpc) is 2.99. The van der Waals surface area contributed by atoms with Gasteiger partial charge in [0.25, 0.3) is 5.91 Å². The molecule has 0 bridgehead atoms. The highest BCUT2D eigenvalue weighted by molar-refractivity contribution is 7.14. The van der Waals surface area contributed by atoms with Gasteiger partial charge in [-0.15, -0.1) is 11.3 Å². The summed E-state index contributed by atoms with van der Waals surface area (Å²) in [6.07, 6.45) is 0. The number of carbonyl (C=O) groups excluding carboxylic acids is 1. The molecular formula is C19H14ClNO3S. The molecular weight excluding hydrogens is 358 g/mol. The average molecular weight is 372 g/mol. The maximum atomic E-state index is 12.4. The number of thiophene rings is 1. The molecule has 0 atom stereocenters. The molecule has 25 heavy (non-hydrogen) atoms. The number of anilines is 1. The molecule has 0 fully saturated rings. The van der Waals surface area contributed by atoms with E-state index in [0.717, 1.165) is 11.1 Å². The zero-order valence-corrected chi connectivity index (χ0v) is 14.8. The summed E-state index contributed by atoms with van der Waals surface area (Å²) in [6, 6.07) is 14.0. The van der Waals surface area contributed by atoms with Crippen LogP contribution in [0.4, 0.5) is 5.69 Å². The van der Waals surface area contributed by atoms with Crippen molar-refractivity contribution in [2.45, 2.75) is 6.92 Å². The minimum Gasteiger partial charge on any atom is -0.478 e. The quantitative estimate of drug-likeness (QED) is 0.651. The van der Waals surface area contributed by atoms with Crippen molar-refractivity contribution in [2.75, 3.05) is 5.32 Å². The summed E-state index contributed by atoms with van der Waals surface area (Å²) in [7, 11) is 0. The summed E-state index contributed by atoms with van der Waals surface area (Å²) in [6.45, 7) is 1.89. The van der Waals surface area contributed by atoms with Crippen LogP contribution in [0.1, 0.15) is 26.3 Å². The topological polar surface area (TPSA) is 66.4 Å². The number of aryl methyl sites for hydroxylation is 1. The predicted molar refractivity (Wildman–Crippen MR) is 101 cm³/mol. The first-order valence-electron chi connectivity index (χ1n) is 7.44. The Kier molecular flexibility index (Phi) is 4.88. The Morgan fingerprint density at radius 2 is 1.84 bits per heavy atom. The van der Waals surface area contributed by atoms with Gasteiger partial charge in [0.05, 0.1) is 10.6 Å². The van der Waals surface area contributed by atoms with E-state index in [-0.39, 0.29) is 17.2 Å². The second-order valence-corrected chi connectivity index (χ2v) is 6.81. The van der Waals surface area contributed by atoms with Crippen LogP contribution in [0.2, 0.25) is 5.02 Å². The zero-order valence-electron chi connectivity index (χ0n) is 13.2. The number of hydrogen-bond donors (Lipinski definition) is 2. The number of hydrogen-bond acceptors (Lipinski definition) is 3. The zero-order chi connectivity index (χ0) is 18.0. The van der Waals surface area contributed by atoms with Crippen molar-refractivity contribution < 1.29 is 14.7 Å². The fourth-order valence-electron chi connectivity index (χ4n) is 2.46. The second kappa shape index (κ2) is 7.09. The van der Waals surface area contributed by atoms with Gasteiger partial charge in [0.15, 0.2) is 0 Å². The molecule has 0 spiro atoms. The minimum absolute atomic E-state index is 0.0772. The van der Waals surface area contributed by atoms with Gasteiger partial charge in [-0.1, -0.05) is 41.4 Å². The van der Waals surface area contributed by atoms with E-state index in [0.29, 0.717) is 15.5 Å². The first-order valence-corrected chi connectivity index (χ1v) is 8.70. The summed E-state index contributed by atoms with van der Waals surface area (Å²) >= 11 is 7.15. The third-order valence-electron chi connectivity index (χ3n) is 3.64. The van der Waals surface area contributed by atoms with Gasteiger partial charge in [0, 0.05) is 16.0 Å². The van der Waals surface area contributed by atoms with Crippen LogP contribution in [-0.2, 0) is 0 Å². The Labute approximate surface area is 153 Å². The molecule has 0 aliphatic carbocycles. The normalized spacial score (nSPS) is 10.5. The van der Waals surface area contributed by atoms with Crippen LogP contribution in [0.25, 0.3) is 10.4 Å². The molecule has 2 aromatic carbocycles. The molecule has 4 nitrogen and oxygen atoms in total. The van der Waals surface area contributed by atoms with Crippen molar-refractivity contribution in [3.8, 4) is 10.4 Å². The highest BCUT2D eigenvalue weighted by atomic mass is 35.5. The Hall–Kier alpha value is -2.63. The van der Waals surface area contributed by atoms with E-state index in [1.54, 1.807) is 47.8 Å². The smallest absolute Gasteiger partial charge is 0.339 e. The van der Waals surface area contributed by atoms with Crippen LogP contribution in [-0.4, -0.2) is 17.0 Å². The minimum atomic E-state index is -1.09. The first kappa shape index (κ1) is 17.2. The lowest BCUT2D eigenvalue weighted by Crippen LogP contribution is -2.14. The number of aromatic carboxylic acids is 1. The number of halogens is 1. The number of benzene rings is 2. The summed E-state index contributed by atoms with van der Waals surface area (Å²) in [5.41, 5.74) is 2.54. The van der Waals surface area contributed by atoms with E-state index >= 15 is 0 Å². The summed E-state index contributed by atoms with van der Waals surface area (Å²) in [5, 5.41) is 14.5. The highest BCUT2D eigenvalue weighted by Crippen LogP contribution is 2.36. The maximum Gasteiger partial charge on any atom is 0.339 e. The third-order valence-corrected chi connectivity index (χ3v) is 4.92. The van der Waals surface area contributed by atoms with Gasteiger partial charge in [0.1, 0.15) is 5.56 Å². The van der Waals surface area contributed by atoms with Gasteiger partial charge in [-0.25, -0.2) is 4.79 Å². The fourth-order valence-corrected chi connectivity index (χ4v) is 3.58. The Balaban J connectivity index is 1.96.